The van der Waals surface area contributed by atoms with Crippen molar-refractivity contribution >= 4 is 23.5 Å². The van der Waals surface area contributed by atoms with E-state index in [4.69, 9.17) is 11.6 Å². The van der Waals surface area contributed by atoms with E-state index in [2.05, 4.69) is 10.6 Å². The molecule has 4 N–H and O–H groups in total. The molecule has 0 aromatic heterocycles. The highest BCUT2D eigenvalue weighted by Gasteiger charge is 2.12. The Bertz CT molecular complexity index is 420. The third-order valence-electron chi connectivity index (χ3n) is 2.53. The summed E-state index contributed by atoms with van der Waals surface area (Å²) in [7, 11) is 1.46. The molecule has 1 aromatic rings. The summed E-state index contributed by atoms with van der Waals surface area (Å²) >= 11 is 5.80. The molecule has 98 valence electrons. The van der Waals surface area contributed by atoms with E-state index < -0.39 is 6.03 Å². The van der Waals surface area contributed by atoms with Gasteiger partial charge in [0, 0.05) is 17.6 Å². The first kappa shape index (κ1) is 14.5. The number of carbonyl (C=O) groups excluding carboxylic acids is 2. The van der Waals surface area contributed by atoms with Gasteiger partial charge in [-0.3, -0.25) is 10.1 Å². The molecule has 0 unspecified atom stereocenters. The predicted octanol–water partition coefficient (Wildman–Crippen LogP) is 0.420. The molecule has 0 spiro atoms. The zero-order chi connectivity index (χ0) is 13.5. The SMILES string of the molecule is CNC(=O)NC(=O)C[NH2+][C@H](C)c1ccc(Cl)cc1. The summed E-state index contributed by atoms with van der Waals surface area (Å²) in [5.41, 5.74) is 1.08. The van der Waals surface area contributed by atoms with Gasteiger partial charge in [-0.25, -0.2) is 4.79 Å². The number of rotatable bonds is 4. The van der Waals surface area contributed by atoms with Crippen LogP contribution in [0.1, 0.15) is 18.5 Å². The second-order valence-electron chi connectivity index (χ2n) is 3.91. The zero-order valence-corrected chi connectivity index (χ0v) is 11.1. The average Bonchev–Trinajstić information content (AvgIpc) is 2.36. The Kier molecular flexibility index (Phi) is 5.61. The number of imide groups is 1. The van der Waals surface area contributed by atoms with Crippen LogP contribution < -0.4 is 16.0 Å². The van der Waals surface area contributed by atoms with Crippen LogP contribution in [0.5, 0.6) is 0 Å². The van der Waals surface area contributed by atoms with Crippen molar-refractivity contribution in [1.82, 2.24) is 10.6 Å². The Morgan fingerprint density at radius 3 is 2.50 bits per heavy atom. The Morgan fingerprint density at radius 2 is 1.94 bits per heavy atom. The molecule has 1 rings (SSSR count). The molecule has 1 aromatic carbocycles. The van der Waals surface area contributed by atoms with E-state index in [0.29, 0.717) is 5.02 Å². The van der Waals surface area contributed by atoms with Crippen molar-refractivity contribution < 1.29 is 14.9 Å². The second kappa shape index (κ2) is 6.98. The largest absolute Gasteiger partial charge is 0.341 e. The number of hydrogen-bond acceptors (Lipinski definition) is 2. The summed E-state index contributed by atoms with van der Waals surface area (Å²) < 4.78 is 0. The number of nitrogens with one attached hydrogen (secondary N) is 2. The maximum absolute atomic E-state index is 11.4. The van der Waals surface area contributed by atoms with Gasteiger partial charge in [0.1, 0.15) is 6.04 Å². The van der Waals surface area contributed by atoms with Crippen LogP contribution in [0.15, 0.2) is 24.3 Å². The fraction of sp³-hybridized carbons (Fsp3) is 0.333. The smallest absolute Gasteiger partial charge is 0.321 e. The van der Waals surface area contributed by atoms with Crippen LogP contribution in [-0.2, 0) is 4.79 Å². The van der Waals surface area contributed by atoms with E-state index in [9.17, 15) is 9.59 Å². The molecule has 1 atom stereocenters. The van der Waals surface area contributed by atoms with Gasteiger partial charge in [-0.05, 0) is 19.1 Å². The van der Waals surface area contributed by atoms with Crippen molar-refractivity contribution in [2.75, 3.05) is 13.6 Å². The number of carbonyl (C=O) groups is 2. The fourth-order valence-electron chi connectivity index (χ4n) is 1.43. The lowest BCUT2D eigenvalue weighted by atomic mass is 10.1. The first-order valence-corrected chi connectivity index (χ1v) is 6.01. The van der Waals surface area contributed by atoms with E-state index >= 15 is 0 Å². The fourth-order valence-corrected chi connectivity index (χ4v) is 1.55. The van der Waals surface area contributed by atoms with Crippen LogP contribution in [0, 0.1) is 0 Å². The van der Waals surface area contributed by atoms with E-state index in [0.717, 1.165) is 5.56 Å². The number of hydrogen-bond donors (Lipinski definition) is 3. The summed E-state index contributed by atoms with van der Waals surface area (Å²) in [6, 6.07) is 7.09. The standard InChI is InChI=1S/C12H16ClN3O2/c1-8(9-3-5-10(13)6-4-9)15-7-11(17)16-12(18)14-2/h3-6,8,15H,7H2,1-2H3,(H2,14,16,17,18)/p+1/t8-/m1/s1. The van der Waals surface area contributed by atoms with Gasteiger partial charge in [-0.1, -0.05) is 23.7 Å². The Balaban J connectivity index is 2.41. The second-order valence-corrected chi connectivity index (χ2v) is 4.34. The predicted molar refractivity (Wildman–Crippen MR) is 69.3 cm³/mol. The molecule has 0 aliphatic heterocycles. The number of quaternary nitrogens is 1. The quantitative estimate of drug-likeness (QED) is 0.742. The summed E-state index contributed by atoms with van der Waals surface area (Å²) in [5, 5.41) is 7.06. The summed E-state index contributed by atoms with van der Waals surface area (Å²) in [5.74, 6) is -0.324. The Morgan fingerprint density at radius 1 is 1.33 bits per heavy atom. The van der Waals surface area contributed by atoms with Crippen molar-refractivity contribution in [3.8, 4) is 0 Å². The average molecular weight is 271 g/mol. The summed E-state index contributed by atoms with van der Waals surface area (Å²) in [6.45, 7) is 2.17. The minimum Gasteiger partial charge on any atom is -0.341 e. The lowest BCUT2D eigenvalue weighted by Crippen LogP contribution is -2.87. The highest BCUT2D eigenvalue weighted by molar-refractivity contribution is 6.30. The van der Waals surface area contributed by atoms with Crippen LogP contribution in [-0.4, -0.2) is 25.5 Å². The molecular weight excluding hydrogens is 254 g/mol. The van der Waals surface area contributed by atoms with Crippen molar-refractivity contribution in [3.05, 3.63) is 34.9 Å². The number of benzene rings is 1. The molecule has 0 bridgehead atoms. The van der Waals surface area contributed by atoms with Crippen molar-refractivity contribution in [3.63, 3.8) is 0 Å². The molecule has 3 amide bonds. The minimum atomic E-state index is -0.493. The third-order valence-corrected chi connectivity index (χ3v) is 2.78. The van der Waals surface area contributed by atoms with Crippen LogP contribution in [0.4, 0.5) is 4.79 Å². The molecule has 0 saturated heterocycles. The monoisotopic (exact) mass is 270 g/mol. The summed E-state index contributed by atoms with van der Waals surface area (Å²) in [6.07, 6.45) is 0. The van der Waals surface area contributed by atoms with E-state index in [-0.39, 0.29) is 18.5 Å². The topological polar surface area (TPSA) is 74.8 Å². The molecule has 0 saturated carbocycles. The van der Waals surface area contributed by atoms with Gasteiger partial charge >= 0.3 is 6.03 Å². The molecular formula is C12H17ClN3O2+. The molecule has 0 aliphatic carbocycles. The van der Waals surface area contributed by atoms with Crippen molar-refractivity contribution in [1.29, 1.82) is 0 Å². The maximum atomic E-state index is 11.4. The highest BCUT2D eigenvalue weighted by atomic mass is 35.5. The first-order valence-electron chi connectivity index (χ1n) is 5.63. The van der Waals surface area contributed by atoms with Crippen LogP contribution >= 0.6 is 11.6 Å². The number of nitrogens with two attached hydrogens (primary N) is 1. The van der Waals surface area contributed by atoms with Crippen molar-refractivity contribution in [2.45, 2.75) is 13.0 Å². The maximum Gasteiger partial charge on any atom is 0.321 e. The van der Waals surface area contributed by atoms with E-state index in [1.165, 1.54) is 7.05 Å². The Labute approximate surface area is 111 Å². The molecule has 6 heteroatoms. The van der Waals surface area contributed by atoms with Crippen LogP contribution in [0.2, 0.25) is 5.02 Å². The molecule has 0 aliphatic rings. The van der Waals surface area contributed by atoms with Gasteiger partial charge in [0.05, 0.1) is 0 Å². The van der Waals surface area contributed by atoms with Gasteiger partial charge in [0.25, 0.3) is 5.91 Å². The van der Waals surface area contributed by atoms with Gasteiger partial charge in [-0.15, -0.1) is 0 Å². The van der Waals surface area contributed by atoms with Gasteiger partial charge in [0.2, 0.25) is 0 Å². The number of halogens is 1. The van der Waals surface area contributed by atoms with Gasteiger partial charge in [-0.2, -0.15) is 0 Å². The Hall–Kier alpha value is -1.59. The van der Waals surface area contributed by atoms with Crippen LogP contribution in [0.3, 0.4) is 0 Å². The van der Waals surface area contributed by atoms with E-state index in [1.54, 1.807) is 0 Å². The summed E-state index contributed by atoms with van der Waals surface area (Å²) in [4.78, 5) is 22.3. The normalized spacial score (nSPS) is 11.7. The molecule has 0 radical (unpaired) electrons. The molecule has 0 fully saturated rings. The highest BCUT2D eigenvalue weighted by Crippen LogP contribution is 2.13. The minimum absolute atomic E-state index is 0.123. The first-order chi connectivity index (χ1) is 8.52. The number of urea groups is 1. The van der Waals surface area contributed by atoms with Gasteiger partial charge in [0.15, 0.2) is 6.54 Å². The van der Waals surface area contributed by atoms with E-state index in [1.807, 2.05) is 36.5 Å². The molecule has 5 nitrogen and oxygen atoms in total. The number of amides is 3. The lowest BCUT2D eigenvalue weighted by Gasteiger charge is -2.10. The lowest BCUT2D eigenvalue weighted by molar-refractivity contribution is -0.682. The van der Waals surface area contributed by atoms with Crippen LogP contribution in [0.25, 0.3) is 0 Å². The van der Waals surface area contributed by atoms with Gasteiger partial charge < -0.3 is 10.6 Å². The third kappa shape index (κ3) is 4.73. The molecule has 18 heavy (non-hydrogen) atoms. The molecule has 0 heterocycles. The van der Waals surface area contributed by atoms with Crippen molar-refractivity contribution in [2.24, 2.45) is 0 Å². The zero-order valence-electron chi connectivity index (χ0n) is 10.4.